The molecule has 0 aromatic heterocycles. The Hall–Kier alpha value is -2.22. The van der Waals surface area contributed by atoms with Gasteiger partial charge in [-0.3, -0.25) is 0 Å². The Balaban J connectivity index is 2.51. The van der Waals surface area contributed by atoms with Crippen molar-refractivity contribution in [1.82, 2.24) is 0 Å². The van der Waals surface area contributed by atoms with Crippen molar-refractivity contribution >= 4 is 21.5 Å². The fourth-order valence-corrected chi connectivity index (χ4v) is 2.48. The second-order valence-corrected chi connectivity index (χ2v) is 4.86. The Bertz CT molecular complexity index is 710. The van der Waals surface area contributed by atoms with Crippen LogP contribution in [0, 0.1) is 13.8 Å². The van der Waals surface area contributed by atoms with Gasteiger partial charge >= 0.3 is 0 Å². The number of aromatic hydroxyl groups is 2. The summed E-state index contributed by atoms with van der Waals surface area (Å²) in [4.78, 5) is 0. The smallest absolute Gasteiger partial charge is 0.123 e. The maximum atomic E-state index is 9.98. The zero-order chi connectivity index (χ0) is 12.9. The van der Waals surface area contributed by atoms with Gasteiger partial charge in [0, 0.05) is 10.8 Å². The van der Waals surface area contributed by atoms with Crippen molar-refractivity contribution in [2.75, 3.05) is 0 Å². The molecule has 0 aliphatic carbocycles. The molecule has 3 rings (SSSR count). The zero-order valence-corrected chi connectivity index (χ0v) is 10.4. The van der Waals surface area contributed by atoms with Gasteiger partial charge in [0.15, 0.2) is 0 Å². The first kappa shape index (κ1) is 10.9. The van der Waals surface area contributed by atoms with E-state index in [1.807, 2.05) is 38.1 Å². The number of phenolic OH excluding ortho intramolecular Hbond substituents is 2. The van der Waals surface area contributed by atoms with E-state index in [0.717, 1.165) is 32.7 Å². The third kappa shape index (κ3) is 1.58. The number of phenols is 2. The van der Waals surface area contributed by atoms with Crippen LogP contribution in [0.15, 0.2) is 36.4 Å². The molecule has 2 heteroatoms. The number of fused-ring (bicyclic) bond motifs is 2. The van der Waals surface area contributed by atoms with Crippen molar-refractivity contribution in [3.63, 3.8) is 0 Å². The predicted octanol–water partition coefficient (Wildman–Crippen LogP) is 4.02. The van der Waals surface area contributed by atoms with Gasteiger partial charge in [-0.05, 0) is 60.0 Å². The lowest BCUT2D eigenvalue weighted by atomic mass is 9.99. The molecule has 0 saturated heterocycles. The van der Waals surface area contributed by atoms with Crippen LogP contribution in [0.3, 0.4) is 0 Å². The van der Waals surface area contributed by atoms with Crippen molar-refractivity contribution in [2.24, 2.45) is 0 Å². The van der Waals surface area contributed by atoms with Crippen LogP contribution >= 0.6 is 0 Å². The van der Waals surface area contributed by atoms with Crippen LogP contribution in [0.1, 0.15) is 11.1 Å². The van der Waals surface area contributed by atoms with Gasteiger partial charge in [0.1, 0.15) is 11.5 Å². The maximum Gasteiger partial charge on any atom is 0.123 e. The number of hydrogen-bond donors (Lipinski definition) is 2. The van der Waals surface area contributed by atoms with Crippen molar-refractivity contribution in [2.45, 2.75) is 13.8 Å². The van der Waals surface area contributed by atoms with Crippen molar-refractivity contribution in [1.29, 1.82) is 0 Å². The summed E-state index contributed by atoms with van der Waals surface area (Å²) in [6.07, 6.45) is 0. The Morgan fingerprint density at radius 1 is 0.611 bits per heavy atom. The Labute approximate surface area is 105 Å². The minimum Gasteiger partial charge on any atom is -0.507 e. The fourth-order valence-electron chi connectivity index (χ4n) is 2.48. The molecule has 0 bridgehead atoms. The lowest BCUT2D eigenvalue weighted by Gasteiger charge is -2.08. The van der Waals surface area contributed by atoms with E-state index in [4.69, 9.17) is 0 Å². The normalized spacial score (nSPS) is 11.2. The topological polar surface area (TPSA) is 40.5 Å². The molecule has 0 saturated carbocycles. The Morgan fingerprint density at radius 3 is 1.50 bits per heavy atom. The summed E-state index contributed by atoms with van der Waals surface area (Å²) in [5, 5.41) is 23.5. The first-order valence-corrected chi connectivity index (χ1v) is 5.91. The summed E-state index contributed by atoms with van der Waals surface area (Å²) in [7, 11) is 0. The summed E-state index contributed by atoms with van der Waals surface area (Å²) in [5.41, 5.74) is 2.05. The van der Waals surface area contributed by atoms with Crippen molar-refractivity contribution in [3.05, 3.63) is 47.5 Å². The molecule has 0 atom stereocenters. The minimum absolute atomic E-state index is 0.256. The molecule has 2 nitrogen and oxygen atoms in total. The summed E-state index contributed by atoms with van der Waals surface area (Å²) < 4.78 is 0. The lowest BCUT2D eigenvalue weighted by molar-refractivity contribution is 0.480. The number of benzene rings is 3. The zero-order valence-electron chi connectivity index (χ0n) is 10.4. The van der Waals surface area contributed by atoms with Gasteiger partial charge in [0.2, 0.25) is 0 Å². The van der Waals surface area contributed by atoms with Gasteiger partial charge in [-0.1, -0.05) is 12.1 Å². The first-order chi connectivity index (χ1) is 8.54. The molecule has 0 spiro atoms. The van der Waals surface area contributed by atoms with Gasteiger partial charge in [0.05, 0.1) is 0 Å². The second kappa shape index (κ2) is 3.64. The molecule has 90 valence electrons. The average Bonchev–Trinajstić information content (AvgIpc) is 2.26. The molecule has 3 aromatic rings. The van der Waals surface area contributed by atoms with E-state index >= 15 is 0 Å². The molecule has 0 unspecified atom stereocenters. The Kier molecular flexibility index (Phi) is 2.20. The van der Waals surface area contributed by atoms with Crippen LogP contribution in [0.4, 0.5) is 0 Å². The summed E-state index contributed by atoms with van der Waals surface area (Å²) in [5.74, 6) is 0.513. The van der Waals surface area contributed by atoms with Crippen molar-refractivity contribution in [3.8, 4) is 11.5 Å². The second-order valence-electron chi connectivity index (χ2n) is 4.86. The third-order valence-corrected chi connectivity index (χ3v) is 3.27. The number of rotatable bonds is 0. The summed E-state index contributed by atoms with van der Waals surface area (Å²) >= 11 is 0. The van der Waals surface area contributed by atoms with Gasteiger partial charge in [-0.2, -0.15) is 0 Å². The van der Waals surface area contributed by atoms with E-state index in [0.29, 0.717) is 0 Å². The molecule has 18 heavy (non-hydrogen) atoms. The quantitative estimate of drug-likeness (QED) is 0.581. The van der Waals surface area contributed by atoms with E-state index in [9.17, 15) is 10.2 Å². The first-order valence-electron chi connectivity index (χ1n) is 5.91. The van der Waals surface area contributed by atoms with E-state index in [2.05, 4.69) is 0 Å². The minimum atomic E-state index is 0.256. The monoisotopic (exact) mass is 238 g/mol. The number of aryl methyl sites for hydroxylation is 2. The van der Waals surface area contributed by atoms with Crippen LogP contribution in [0.2, 0.25) is 0 Å². The molecule has 0 aliphatic rings. The van der Waals surface area contributed by atoms with Crippen molar-refractivity contribution < 1.29 is 10.2 Å². The van der Waals surface area contributed by atoms with E-state index < -0.39 is 0 Å². The van der Waals surface area contributed by atoms with Gasteiger partial charge in [0.25, 0.3) is 0 Å². The summed E-state index contributed by atoms with van der Waals surface area (Å²) in [6.45, 7) is 3.91. The summed E-state index contributed by atoms with van der Waals surface area (Å²) in [6, 6.07) is 11.4. The highest BCUT2D eigenvalue weighted by atomic mass is 16.3. The van der Waals surface area contributed by atoms with E-state index in [1.165, 1.54) is 0 Å². The van der Waals surface area contributed by atoms with Crippen LogP contribution in [-0.4, -0.2) is 10.2 Å². The van der Waals surface area contributed by atoms with Crippen LogP contribution < -0.4 is 0 Å². The average molecular weight is 238 g/mol. The third-order valence-electron chi connectivity index (χ3n) is 3.27. The standard InChI is InChI=1S/C16H14O2/c1-9-3-11-7-12-4-10(2)6-16(18)14(12)8-13(11)15(17)5-9/h3-8,17-18H,1-2H3. The van der Waals surface area contributed by atoms with Gasteiger partial charge in [-0.25, -0.2) is 0 Å². The van der Waals surface area contributed by atoms with Crippen LogP contribution in [0.25, 0.3) is 21.5 Å². The van der Waals surface area contributed by atoms with E-state index in [-0.39, 0.29) is 11.5 Å². The van der Waals surface area contributed by atoms with Gasteiger partial charge in [-0.15, -0.1) is 0 Å². The molecule has 0 aliphatic heterocycles. The molecule has 0 amide bonds. The molecule has 3 aromatic carbocycles. The molecule has 0 radical (unpaired) electrons. The van der Waals surface area contributed by atoms with E-state index in [1.54, 1.807) is 12.1 Å². The number of hydrogen-bond acceptors (Lipinski definition) is 2. The van der Waals surface area contributed by atoms with Crippen LogP contribution in [-0.2, 0) is 0 Å². The highest BCUT2D eigenvalue weighted by Gasteiger charge is 2.07. The van der Waals surface area contributed by atoms with Crippen LogP contribution in [0.5, 0.6) is 11.5 Å². The largest absolute Gasteiger partial charge is 0.507 e. The highest BCUT2D eigenvalue weighted by Crippen LogP contribution is 2.34. The molecular weight excluding hydrogens is 224 g/mol. The highest BCUT2D eigenvalue weighted by molar-refractivity contribution is 6.03. The van der Waals surface area contributed by atoms with Gasteiger partial charge < -0.3 is 10.2 Å². The Morgan fingerprint density at radius 2 is 1.06 bits per heavy atom. The lowest BCUT2D eigenvalue weighted by Crippen LogP contribution is -1.82. The SMILES string of the molecule is Cc1cc(O)c2cc3c(O)cc(C)cc3cc2c1. The molecular formula is C16H14O2. The maximum absolute atomic E-state index is 9.98. The molecule has 0 fully saturated rings. The fraction of sp³-hybridized carbons (Fsp3) is 0.125. The predicted molar refractivity (Wildman–Crippen MR) is 74.3 cm³/mol. The molecule has 0 heterocycles. The molecule has 2 N–H and O–H groups in total.